The molecular formula is C26H38N2. The molecule has 0 unspecified atom stereocenters. The Morgan fingerprint density at radius 3 is 1.29 bits per heavy atom. The third-order valence-electron chi connectivity index (χ3n) is 5.92. The summed E-state index contributed by atoms with van der Waals surface area (Å²) in [5, 5.41) is 7.53. The predicted molar refractivity (Wildman–Crippen MR) is 124 cm³/mol. The van der Waals surface area contributed by atoms with Crippen LogP contribution in [0.3, 0.4) is 0 Å². The van der Waals surface area contributed by atoms with Crippen LogP contribution in [0.4, 0.5) is 11.4 Å². The van der Waals surface area contributed by atoms with Crippen LogP contribution in [0.1, 0.15) is 78.4 Å². The molecule has 152 valence electrons. The molecule has 2 atom stereocenters. The number of anilines is 2. The zero-order valence-corrected chi connectivity index (χ0v) is 18.6. The largest absolute Gasteiger partial charge is 0.382 e. The first kappa shape index (κ1) is 20.8. The van der Waals surface area contributed by atoms with Crippen molar-refractivity contribution in [2.75, 3.05) is 10.6 Å². The summed E-state index contributed by atoms with van der Waals surface area (Å²) in [5.74, 6) is 0. The van der Waals surface area contributed by atoms with Crippen LogP contribution in [0.5, 0.6) is 0 Å². The van der Waals surface area contributed by atoms with Gasteiger partial charge in [-0.15, -0.1) is 0 Å². The van der Waals surface area contributed by atoms with Gasteiger partial charge in [0.15, 0.2) is 0 Å². The fourth-order valence-corrected chi connectivity index (χ4v) is 4.06. The molecule has 2 heteroatoms. The maximum Gasteiger partial charge on any atom is 0.0342 e. The van der Waals surface area contributed by atoms with E-state index < -0.39 is 0 Å². The molecule has 1 aliphatic carbocycles. The van der Waals surface area contributed by atoms with Crippen molar-refractivity contribution in [3.63, 3.8) is 0 Å². The van der Waals surface area contributed by atoms with E-state index in [2.05, 4.69) is 101 Å². The molecule has 0 spiro atoms. The molecule has 0 bridgehead atoms. The molecule has 1 saturated carbocycles. The summed E-state index contributed by atoms with van der Waals surface area (Å²) in [7, 11) is 0. The Kier molecular flexibility index (Phi) is 6.07. The second-order valence-corrected chi connectivity index (χ2v) is 10.5. The van der Waals surface area contributed by atoms with Gasteiger partial charge in [-0.25, -0.2) is 0 Å². The number of nitrogens with one attached hydrogen (secondary N) is 2. The molecule has 2 N–H and O–H groups in total. The number of hydrogen-bond acceptors (Lipinski definition) is 2. The lowest BCUT2D eigenvalue weighted by molar-refractivity contribution is 0.428. The van der Waals surface area contributed by atoms with Crippen LogP contribution in [-0.2, 0) is 10.8 Å². The Balaban J connectivity index is 1.57. The van der Waals surface area contributed by atoms with Gasteiger partial charge >= 0.3 is 0 Å². The van der Waals surface area contributed by atoms with E-state index >= 15 is 0 Å². The summed E-state index contributed by atoms with van der Waals surface area (Å²) < 4.78 is 0. The Morgan fingerprint density at radius 1 is 0.607 bits per heavy atom. The standard InChI is InChI=1S/C26H38N2/c1-25(2,3)19-10-14-21(15-11-19)27-23-8-7-9-24(18-23)28-22-16-12-20(13-17-22)26(4,5)6/h10-17,23-24,27-28H,7-9,18H2,1-6H3/t23-,24+. The van der Waals surface area contributed by atoms with Crippen molar-refractivity contribution in [1.29, 1.82) is 0 Å². The summed E-state index contributed by atoms with van der Waals surface area (Å²) in [6, 6.07) is 19.1. The minimum atomic E-state index is 0.209. The van der Waals surface area contributed by atoms with Crippen LogP contribution >= 0.6 is 0 Å². The van der Waals surface area contributed by atoms with Crippen LogP contribution in [-0.4, -0.2) is 12.1 Å². The molecule has 0 amide bonds. The summed E-state index contributed by atoms with van der Waals surface area (Å²) >= 11 is 0. The molecular weight excluding hydrogens is 340 g/mol. The molecule has 0 saturated heterocycles. The first-order valence-electron chi connectivity index (χ1n) is 10.9. The van der Waals surface area contributed by atoms with Crippen molar-refractivity contribution >= 4 is 11.4 Å². The zero-order valence-electron chi connectivity index (χ0n) is 18.6. The third kappa shape index (κ3) is 5.53. The maximum absolute atomic E-state index is 3.76. The van der Waals surface area contributed by atoms with Crippen LogP contribution in [0, 0.1) is 0 Å². The number of hydrogen-bond donors (Lipinski definition) is 2. The van der Waals surface area contributed by atoms with Gasteiger partial charge in [-0.1, -0.05) is 65.8 Å². The van der Waals surface area contributed by atoms with E-state index in [0.717, 1.165) is 0 Å². The topological polar surface area (TPSA) is 24.1 Å². The van der Waals surface area contributed by atoms with E-state index in [0.29, 0.717) is 12.1 Å². The first-order chi connectivity index (χ1) is 13.1. The molecule has 0 aromatic heterocycles. The van der Waals surface area contributed by atoms with Crippen molar-refractivity contribution < 1.29 is 0 Å². The van der Waals surface area contributed by atoms with Crippen molar-refractivity contribution in [2.45, 2.75) is 90.1 Å². The number of rotatable bonds is 4. The highest BCUT2D eigenvalue weighted by molar-refractivity contribution is 5.48. The molecule has 28 heavy (non-hydrogen) atoms. The Morgan fingerprint density at radius 2 is 0.964 bits per heavy atom. The minimum Gasteiger partial charge on any atom is -0.382 e. The van der Waals surface area contributed by atoms with Crippen molar-refractivity contribution in [2.24, 2.45) is 0 Å². The van der Waals surface area contributed by atoms with Gasteiger partial charge < -0.3 is 10.6 Å². The molecule has 3 rings (SSSR count). The maximum atomic E-state index is 3.76. The summed E-state index contributed by atoms with van der Waals surface area (Å²) in [6.45, 7) is 13.6. The highest BCUT2D eigenvalue weighted by atomic mass is 15.0. The fourth-order valence-electron chi connectivity index (χ4n) is 4.06. The molecule has 2 nitrogen and oxygen atoms in total. The molecule has 0 radical (unpaired) electrons. The quantitative estimate of drug-likeness (QED) is 0.592. The summed E-state index contributed by atoms with van der Waals surface area (Å²) in [4.78, 5) is 0. The Hall–Kier alpha value is -1.96. The van der Waals surface area contributed by atoms with Crippen LogP contribution in [0.2, 0.25) is 0 Å². The Bertz CT molecular complexity index is 680. The van der Waals surface area contributed by atoms with Crippen molar-refractivity contribution in [3.8, 4) is 0 Å². The number of benzene rings is 2. The Labute approximate surface area is 172 Å². The van der Waals surface area contributed by atoms with E-state index in [1.807, 2.05) is 0 Å². The lowest BCUT2D eigenvalue weighted by atomic mass is 9.86. The normalized spacial score (nSPS) is 20.6. The van der Waals surface area contributed by atoms with E-state index in [4.69, 9.17) is 0 Å². The highest BCUT2D eigenvalue weighted by Crippen LogP contribution is 2.28. The smallest absolute Gasteiger partial charge is 0.0342 e. The van der Waals surface area contributed by atoms with Gasteiger partial charge in [-0.2, -0.15) is 0 Å². The average Bonchev–Trinajstić information content (AvgIpc) is 2.61. The highest BCUT2D eigenvalue weighted by Gasteiger charge is 2.22. The molecule has 0 heterocycles. The molecule has 1 fully saturated rings. The van der Waals surface area contributed by atoms with E-state index in [9.17, 15) is 0 Å². The molecule has 2 aromatic carbocycles. The molecule has 0 aliphatic heterocycles. The molecule has 1 aliphatic rings. The van der Waals surface area contributed by atoms with Crippen LogP contribution in [0.15, 0.2) is 48.5 Å². The summed E-state index contributed by atoms with van der Waals surface area (Å²) in [6.07, 6.45) is 4.95. The average molecular weight is 379 g/mol. The fraction of sp³-hybridized carbons (Fsp3) is 0.538. The van der Waals surface area contributed by atoms with Crippen molar-refractivity contribution in [3.05, 3.63) is 59.7 Å². The van der Waals surface area contributed by atoms with Crippen LogP contribution < -0.4 is 10.6 Å². The lowest BCUT2D eigenvalue weighted by Gasteiger charge is -2.32. The van der Waals surface area contributed by atoms with Crippen LogP contribution in [0.25, 0.3) is 0 Å². The minimum absolute atomic E-state index is 0.209. The predicted octanol–water partition coefficient (Wildman–Crippen LogP) is 7.12. The van der Waals surface area contributed by atoms with Gasteiger partial charge in [0.05, 0.1) is 0 Å². The van der Waals surface area contributed by atoms with Gasteiger partial charge in [0.2, 0.25) is 0 Å². The second kappa shape index (κ2) is 8.19. The lowest BCUT2D eigenvalue weighted by Crippen LogP contribution is -2.34. The van der Waals surface area contributed by atoms with Gasteiger partial charge in [0.25, 0.3) is 0 Å². The van der Waals surface area contributed by atoms with Gasteiger partial charge in [-0.3, -0.25) is 0 Å². The van der Waals surface area contributed by atoms with Gasteiger partial charge in [0.1, 0.15) is 0 Å². The monoisotopic (exact) mass is 378 g/mol. The zero-order chi connectivity index (χ0) is 20.4. The van der Waals surface area contributed by atoms with Gasteiger partial charge in [0, 0.05) is 23.5 Å². The van der Waals surface area contributed by atoms with E-state index in [-0.39, 0.29) is 10.8 Å². The summed E-state index contributed by atoms with van der Waals surface area (Å²) in [5.41, 5.74) is 5.68. The SMILES string of the molecule is CC(C)(C)c1ccc(N[C@@H]2CCC[C@H](Nc3ccc(C(C)(C)C)cc3)C2)cc1. The van der Waals surface area contributed by atoms with Crippen molar-refractivity contribution in [1.82, 2.24) is 0 Å². The van der Waals surface area contributed by atoms with E-state index in [1.54, 1.807) is 0 Å². The van der Waals surface area contributed by atoms with E-state index in [1.165, 1.54) is 48.2 Å². The molecule has 2 aromatic rings. The third-order valence-corrected chi connectivity index (χ3v) is 5.92. The van der Waals surface area contributed by atoms with Gasteiger partial charge in [-0.05, 0) is 71.9 Å². The first-order valence-corrected chi connectivity index (χ1v) is 10.9. The second-order valence-electron chi connectivity index (χ2n) is 10.5.